The van der Waals surface area contributed by atoms with Crippen molar-refractivity contribution in [2.24, 2.45) is 0 Å². The molecule has 4 aromatic rings. The van der Waals surface area contributed by atoms with Gasteiger partial charge in [0.2, 0.25) is 0 Å². The van der Waals surface area contributed by atoms with Crippen LogP contribution < -0.4 is 11.1 Å². The van der Waals surface area contributed by atoms with E-state index in [0.717, 1.165) is 34.7 Å². The molecule has 1 fully saturated rings. The van der Waals surface area contributed by atoms with Gasteiger partial charge in [-0.2, -0.15) is 0 Å². The van der Waals surface area contributed by atoms with E-state index in [-0.39, 0.29) is 17.9 Å². The standard InChI is InChI=1S/C25H26ClN7O2S/c1-14-10-21(27)29-15(2)17(14)7-8-28-23(34)19-13-36-24(31-19)20-4-3-9-33(20)25(35)18-12-32-11-16(26)5-6-22(32)30-18/h5-6,10-13,20H,3-4,7-9H2,1-2H3,(H2,27,29)(H,28,34). The predicted molar refractivity (Wildman–Crippen MR) is 139 cm³/mol. The Balaban J connectivity index is 1.25. The summed E-state index contributed by atoms with van der Waals surface area (Å²) in [4.78, 5) is 41.2. The number of hydrogen-bond donors (Lipinski definition) is 2. The lowest BCUT2D eigenvalue weighted by Gasteiger charge is -2.22. The van der Waals surface area contributed by atoms with Gasteiger partial charge in [-0.05, 0) is 62.4 Å². The number of fused-ring (bicyclic) bond motifs is 1. The number of nitrogens with two attached hydrogens (primary N) is 1. The van der Waals surface area contributed by atoms with E-state index >= 15 is 0 Å². The Hall–Kier alpha value is -3.50. The van der Waals surface area contributed by atoms with Crippen LogP contribution >= 0.6 is 22.9 Å². The van der Waals surface area contributed by atoms with Gasteiger partial charge in [-0.1, -0.05) is 11.6 Å². The van der Waals surface area contributed by atoms with E-state index < -0.39 is 0 Å². The van der Waals surface area contributed by atoms with E-state index in [1.807, 2.05) is 19.9 Å². The van der Waals surface area contributed by atoms with Crippen LogP contribution in [0.15, 0.2) is 36.0 Å². The first kappa shape index (κ1) is 24.2. The lowest BCUT2D eigenvalue weighted by atomic mass is 10.0. The van der Waals surface area contributed by atoms with Crippen LogP contribution in [0.1, 0.15) is 61.7 Å². The summed E-state index contributed by atoms with van der Waals surface area (Å²) in [5.41, 5.74) is 10.2. The number of pyridine rings is 2. The molecular weight excluding hydrogens is 498 g/mol. The number of aryl methyl sites for hydroxylation is 2. The molecular formula is C25H26ClN7O2S. The van der Waals surface area contributed by atoms with Gasteiger partial charge in [-0.15, -0.1) is 11.3 Å². The van der Waals surface area contributed by atoms with Crippen molar-refractivity contribution in [3.05, 3.63) is 74.2 Å². The topological polar surface area (TPSA) is 119 Å². The second-order valence-corrected chi connectivity index (χ2v) is 10.2. The van der Waals surface area contributed by atoms with Crippen molar-refractivity contribution in [3.63, 3.8) is 0 Å². The third-order valence-corrected chi connectivity index (χ3v) is 7.59. The van der Waals surface area contributed by atoms with E-state index in [1.165, 1.54) is 11.3 Å². The van der Waals surface area contributed by atoms with Crippen LogP contribution in [0.2, 0.25) is 5.02 Å². The van der Waals surface area contributed by atoms with Crippen molar-refractivity contribution in [2.75, 3.05) is 18.8 Å². The summed E-state index contributed by atoms with van der Waals surface area (Å²) < 4.78 is 1.75. The first-order chi connectivity index (χ1) is 17.3. The van der Waals surface area contributed by atoms with E-state index in [9.17, 15) is 9.59 Å². The molecule has 2 amide bonds. The summed E-state index contributed by atoms with van der Waals surface area (Å²) in [5, 5.41) is 6.02. The third-order valence-electron chi connectivity index (χ3n) is 6.42. The summed E-state index contributed by atoms with van der Waals surface area (Å²) in [6.45, 7) is 4.99. The Morgan fingerprint density at radius 3 is 2.83 bits per heavy atom. The van der Waals surface area contributed by atoms with E-state index in [1.54, 1.807) is 39.2 Å². The molecule has 11 heteroatoms. The number of rotatable bonds is 6. The number of imidazole rings is 1. The Kier molecular flexibility index (Phi) is 6.63. The number of nitrogens with one attached hydrogen (secondary N) is 1. The second kappa shape index (κ2) is 9.87. The normalized spacial score (nSPS) is 15.5. The molecule has 5 heterocycles. The molecule has 0 bridgehead atoms. The number of thiazole rings is 1. The zero-order valence-corrected chi connectivity index (χ0v) is 21.6. The lowest BCUT2D eigenvalue weighted by molar-refractivity contribution is 0.0730. The largest absolute Gasteiger partial charge is 0.384 e. The fourth-order valence-electron chi connectivity index (χ4n) is 4.68. The summed E-state index contributed by atoms with van der Waals surface area (Å²) in [6, 6.07) is 5.18. The number of carbonyl (C=O) groups is 2. The SMILES string of the molecule is Cc1cc(N)nc(C)c1CCNC(=O)c1csc(C2CCCN2C(=O)c2cn3cc(Cl)ccc3n2)n1. The summed E-state index contributed by atoms with van der Waals surface area (Å²) in [7, 11) is 0. The molecule has 1 aliphatic heterocycles. The molecule has 0 spiro atoms. The fraction of sp³-hybridized carbons (Fsp3) is 0.320. The maximum atomic E-state index is 13.3. The molecule has 36 heavy (non-hydrogen) atoms. The molecule has 186 valence electrons. The third kappa shape index (κ3) is 4.78. The van der Waals surface area contributed by atoms with Crippen molar-refractivity contribution in [1.82, 2.24) is 29.6 Å². The van der Waals surface area contributed by atoms with Gasteiger partial charge < -0.3 is 20.4 Å². The maximum absolute atomic E-state index is 13.3. The molecule has 1 unspecified atom stereocenters. The van der Waals surface area contributed by atoms with Crippen LogP contribution in [0.5, 0.6) is 0 Å². The molecule has 1 saturated heterocycles. The minimum absolute atomic E-state index is 0.152. The van der Waals surface area contributed by atoms with Gasteiger partial charge in [-0.25, -0.2) is 15.0 Å². The zero-order valence-electron chi connectivity index (χ0n) is 20.0. The summed E-state index contributed by atoms with van der Waals surface area (Å²) in [5.74, 6) is 0.114. The Bertz CT molecular complexity index is 1440. The smallest absolute Gasteiger partial charge is 0.274 e. The quantitative estimate of drug-likeness (QED) is 0.394. The molecule has 1 atom stereocenters. The van der Waals surface area contributed by atoms with Gasteiger partial charge in [0.1, 0.15) is 27.9 Å². The number of amides is 2. The Morgan fingerprint density at radius 1 is 1.19 bits per heavy atom. The monoisotopic (exact) mass is 523 g/mol. The number of halogens is 1. The minimum atomic E-state index is -0.232. The Labute approximate surface area is 217 Å². The average Bonchev–Trinajstić information content (AvgIpc) is 3.58. The van der Waals surface area contributed by atoms with Crippen LogP contribution in [0.25, 0.3) is 5.65 Å². The van der Waals surface area contributed by atoms with Crippen LogP contribution in [0.4, 0.5) is 5.82 Å². The second-order valence-electron chi connectivity index (χ2n) is 8.90. The molecule has 0 saturated carbocycles. The molecule has 0 aliphatic carbocycles. The number of nitrogens with zero attached hydrogens (tertiary/aromatic N) is 5. The number of hydrogen-bond acceptors (Lipinski definition) is 7. The molecule has 4 aromatic heterocycles. The predicted octanol–water partition coefficient (Wildman–Crippen LogP) is 3.99. The van der Waals surface area contributed by atoms with Crippen LogP contribution in [0.3, 0.4) is 0 Å². The van der Waals surface area contributed by atoms with Crippen molar-refractivity contribution in [2.45, 2.75) is 39.2 Å². The summed E-state index contributed by atoms with van der Waals surface area (Å²) in [6.07, 6.45) is 5.73. The number of aromatic nitrogens is 4. The number of anilines is 1. The minimum Gasteiger partial charge on any atom is -0.384 e. The molecule has 1 aliphatic rings. The van der Waals surface area contributed by atoms with Crippen LogP contribution in [-0.4, -0.2) is 49.2 Å². The molecule has 5 rings (SSSR count). The van der Waals surface area contributed by atoms with E-state index in [2.05, 4.69) is 20.3 Å². The lowest BCUT2D eigenvalue weighted by Crippen LogP contribution is -2.31. The molecule has 0 radical (unpaired) electrons. The van der Waals surface area contributed by atoms with E-state index in [4.69, 9.17) is 17.3 Å². The highest BCUT2D eigenvalue weighted by molar-refractivity contribution is 7.09. The van der Waals surface area contributed by atoms with Crippen LogP contribution in [0, 0.1) is 13.8 Å². The van der Waals surface area contributed by atoms with Gasteiger partial charge >= 0.3 is 0 Å². The van der Waals surface area contributed by atoms with Crippen molar-refractivity contribution in [1.29, 1.82) is 0 Å². The number of likely N-dealkylation sites (tertiary alicyclic amines) is 1. The van der Waals surface area contributed by atoms with Crippen molar-refractivity contribution in [3.8, 4) is 0 Å². The Morgan fingerprint density at radius 2 is 2.03 bits per heavy atom. The zero-order chi connectivity index (χ0) is 25.4. The average molecular weight is 524 g/mol. The van der Waals surface area contributed by atoms with Crippen molar-refractivity contribution >= 4 is 46.2 Å². The number of carbonyl (C=O) groups excluding carboxylic acids is 2. The van der Waals surface area contributed by atoms with Gasteiger partial charge in [0.15, 0.2) is 0 Å². The van der Waals surface area contributed by atoms with Gasteiger partial charge in [-0.3, -0.25) is 9.59 Å². The van der Waals surface area contributed by atoms with Gasteiger partial charge in [0.05, 0.1) is 11.1 Å². The molecule has 3 N–H and O–H groups in total. The highest BCUT2D eigenvalue weighted by Gasteiger charge is 2.34. The highest BCUT2D eigenvalue weighted by atomic mass is 35.5. The van der Waals surface area contributed by atoms with Crippen molar-refractivity contribution < 1.29 is 9.59 Å². The molecule has 9 nitrogen and oxygen atoms in total. The first-order valence-electron chi connectivity index (χ1n) is 11.7. The summed E-state index contributed by atoms with van der Waals surface area (Å²) >= 11 is 7.46. The number of nitrogen functional groups attached to an aromatic ring is 1. The highest BCUT2D eigenvalue weighted by Crippen LogP contribution is 2.35. The molecule has 0 aromatic carbocycles. The first-order valence-corrected chi connectivity index (χ1v) is 13.0. The van der Waals surface area contributed by atoms with E-state index in [0.29, 0.717) is 47.4 Å². The van der Waals surface area contributed by atoms with Gasteiger partial charge in [0, 0.05) is 36.6 Å². The van der Waals surface area contributed by atoms with Crippen LogP contribution in [-0.2, 0) is 6.42 Å². The van der Waals surface area contributed by atoms with Gasteiger partial charge in [0.25, 0.3) is 11.8 Å². The fourth-order valence-corrected chi connectivity index (χ4v) is 5.80. The maximum Gasteiger partial charge on any atom is 0.274 e.